The summed E-state index contributed by atoms with van der Waals surface area (Å²) in [4.78, 5) is 47.5. The van der Waals surface area contributed by atoms with Gasteiger partial charge in [0.1, 0.15) is 5.41 Å². The third-order valence-corrected chi connectivity index (χ3v) is 3.72. The summed E-state index contributed by atoms with van der Waals surface area (Å²) in [6.07, 6.45) is 0.444. The number of hydrogen-bond donors (Lipinski definition) is 3. The Bertz CT molecular complexity index is 472. The number of amides is 4. The topological polar surface area (TPSA) is 114 Å². The number of rotatable bonds is 6. The van der Waals surface area contributed by atoms with Crippen LogP contribution < -0.4 is 16.0 Å². The average molecular weight is 299 g/mol. The Morgan fingerprint density at radius 3 is 2.19 bits per heavy atom. The summed E-state index contributed by atoms with van der Waals surface area (Å²) in [5, 5.41) is 6.79. The number of urea groups is 1. The first-order valence-corrected chi connectivity index (χ1v) is 6.89. The highest BCUT2D eigenvalue weighted by atomic mass is 16.5. The lowest BCUT2D eigenvalue weighted by atomic mass is 9.81. The van der Waals surface area contributed by atoms with Gasteiger partial charge in [0.2, 0.25) is 5.91 Å². The summed E-state index contributed by atoms with van der Waals surface area (Å²) in [6.45, 7) is 6.54. The molecule has 1 unspecified atom stereocenters. The second-order valence-electron chi connectivity index (χ2n) is 5.00. The maximum absolute atomic E-state index is 12.5. The normalized spacial score (nSPS) is 21.5. The number of esters is 1. The minimum Gasteiger partial charge on any atom is -0.465 e. The number of ether oxygens (including phenoxy) is 1. The molecule has 0 bridgehead atoms. The van der Waals surface area contributed by atoms with E-state index in [2.05, 4.69) is 10.6 Å². The molecular weight excluding hydrogens is 278 g/mol. The number of nitrogens with one attached hydrogen (secondary N) is 3. The number of imide groups is 1. The second-order valence-corrected chi connectivity index (χ2v) is 5.00. The summed E-state index contributed by atoms with van der Waals surface area (Å²) in [7, 11) is 0. The highest BCUT2D eigenvalue weighted by Gasteiger charge is 2.50. The van der Waals surface area contributed by atoms with Crippen LogP contribution >= 0.6 is 0 Å². The van der Waals surface area contributed by atoms with E-state index in [1.165, 1.54) is 6.92 Å². The third kappa shape index (κ3) is 2.98. The molecule has 1 rings (SSSR count). The molecule has 0 aromatic heterocycles. The summed E-state index contributed by atoms with van der Waals surface area (Å²) in [5.41, 5.74) is -2.96. The van der Waals surface area contributed by atoms with Crippen LogP contribution in [0.3, 0.4) is 0 Å². The van der Waals surface area contributed by atoms with Crippen molar-refractivity contribution < 1.29 is 23.9 Å². The highest BCUT2D eigenvalue weighted by Crippen LogP contribution is 2.29. The van der Waals surface area contributed by atoms with Crippen molar-refractivity contribution in [3.05, 3.63) is 0 Å². The molecule has 1 aliphatic heterocycles. The van der Waals surface area contributed by atoms with Crippen molar-refractivity contribution in [2.45, 2.75) is 46.2 Å². The molecule has 1 aliphatic rings. The Labute approximate surface area is 123 Å². The SMILES string of the molecule is CCOC(=O)C(CC)(CC)C(=O)NC1(C)NC(=O)NC1=O. The maximum Gasteiger partial charge on any atom is 0.323 e. The average Bonchev–Trinajstić information content (AvgIpc) is 2.64. The van der Waals surface area contributed by atoms with Gasteiger partial charge in [-0.3, -0.25) is 19.7 Å². The van der Waals surface area contributed by atoms with E-state index in [-0.39, 0.29) is 19.4 Å². The molecule has 1 fully saturated rings. The summed E-state index contributed by atoms with van der Waals surface area (Å²) < 4.78 is 4.97. The van der Waals surface area contributed by atoms with Crippen LogP contribution in [0.2, 0.25) is 0 Å². The van der Waals surface area contributed by atoms with Crippen LogP contribution in [0.25, 0.3) is 0 Å². The van der Waals surface area contributed by atoms with Crippen molar-refractivity contribution >= 4 is 23.8 Å². The fourth-order valence-corrected chi connectivity index (χ4v) is 2.20. The van der Waals surface area contributed by atoms with Crippen LogP contribution in [0.15, 0.2) is 0 Å². The first-order chi connectivity index (χ1) is 9.75. The van der Waals surface area contributed by atoms with Crippen molar-refractivity contribution in [2.75, 3.05) is 6.61 Å². The van der Waals surface area contributed by atoms with E-state index < -0.39 is 34.9 Å². The predicted octanol–water partition coefficient (Wildman–Crippen LogP) is 0.0277. The van der Waals surface area contributed by atoms with Crippen LogP contribution in [0.4, 0.5) is 4.79 Å². The molecule has 3 N–H and O–H groups in total. The molecule has 1 saturated heterocycles. The van der Waals surface area contributed by atoms with Gasteiger partial charge < -0.3 is 15.4 Å². The minimum absolute atomic E-state index is 0.155. The standard InChI is InChI=1S/C13H21N3O5/c1-5-13(6-2,10(19)21-7-3)9(18)15-12(4)8(17)14-11(20)16-12/h5-7H2,1-4H3,(H,15,18)(H2,14,16,17,20). The largest absolute Gasteiger partial charge is 0.465 e. The minimum atomic E-state index is -1.57. The molecule has 1 atom stereocenters. The van der Waals surface area contributed by atoms with Crippen molar-refractivity contribution in [1.29, 1.82) is 0 Å². The Morgan fingerprint density at radius 1 is 1.24 bits per heavy atom. The van der Waals surface area contributed by atoms with E-state index in [1.54, 1.807) is 20.8 Å². The van der Waals surface area contributed by atoms with Crippen LogP contribution in [-0.4, -0.2) is 36.1 Å². The quantitative estimate of drug-likeness (QED) is 0.364. The van der Waals surface area contributed by atoms with Gasteiger partial charge in [0.15, 0.2) is 5.66 Å². The fraction of sp³-hybridized carbons (Fsp3) is 0.692. The first kappa shape index (κ1) is 16.9. The number of carbonyl (C=O) groups excluding carboxylic acids is 4. The molecular formula is C13H21N3O5. The third-order valence-electron chi connectivity index (χ3n) is 3.72. The van der Waals surface area contributed by atoms with Gasteiger partial charge in [-0.1, -0.05) is 13.8 Å². The Hall–Kier alpha value is -2.12. The monoisotopic (exact) mass is 299 g/mol. The van der Waals surface area contributed by atoms with E-state index in [4.69, 9.17) is 4.74 Å². The Morgan fingerprint density at radius 2 is 1.81 bits per heavy atom. The maximum atomic E-state index is 12.5. The molecule has 0 saturated carbocycles. The zero-order valence-corrected chi connectivity index (χ0v) is 12.7. The molecule has 0 spiro atoms. The van der Waals surface area contributed by atoms with Gasteiger partial charge in [-0.15, -0.1) is 0 Å². The van der Waals surface area contributed by atoms with Crippen molar-refractivity contribution in [1.82, 2.24) is 16.0 Å². The number of hydrogen-bond acceptors (Lipinski definition) is 5. The summed E-state index contributed by atoms with van der Waals surface area (Å²) >= 11 is 0. The molecule has 118 valence electrons. The first-order valence-electron chi connectivity index (χ1n) is 6.89. The van der Waals surface area contributed by atoms with Crippen molar-refractivity contribution in [3.63, 3.8) is 0 Å². The lowest BCUT2D eigenvalue weighted by Crippen LogP contribution is -2.62. The van der Waals surface area contributed by atoms with Gasteiger partial charge in [0.05, 0.1) is 6.61 Å². The highest BCUT2D eigenvalue weighted by molar-refractivity contribution is 6.10. The molecule has 0 radical (unpaired) electrons. The molecule has 0 aromatic carbocycles. The van der Waals surface area contributed by atoms with Crippen molar-refractivity contribution in [2.24, 2.45) is 5.41 Å². The molecule has 0 aromatic rings. The Kier molecular flexibility index (Phi) is 4.93. The van der Waals surface area contributed by atoms with Gasteiger partial charge in [0, 0.05) is 0 Å². The van der Waals surface area contributed by atoms with Crippen LogP contribution in [0, 0.1) is 5.41 Å². The van der Waals surface area contributed by atoms with Crippen LogP contribution in [0.5, 0.6) is 0 Å². The molecule has 0 aliphatic carbocycles. The van der Waals surface area contributed by atoms with Gasteiger partial charge in [-0.25, -0.2) is 4.79 Å². The zero-order chi connectivity index (χ0) is 16.3. The van der Waals surface area contributed by atoms with E-state index in [0.717, 1.165) is 0 Å². The van der Waals surface area contributed by atoms with Gasteiger partial charge in [-0.05, 0) is 26.7 Å². The second kappa shape index (κ2) is 6.11. The Balaban J connectivity index is 3.00. The lowest BCUT2D eigenvalue weighted by Gasteiger charge is -2.31. The van der Waals surface area contributed by atoms with E-state index in [9.17, 15) is 19.2 Å². The zero-order valence-electron chi connectivity index (χ0n) is 12.7. The smallest absolute Gasteiger partial charge is 0.323 e. The summed E-state index contributed by atoms with van der Waals surface area (Å²) in [6, 6.07) is -0.697. The van der Waals surface area contributed by atoms with Gasteiger partial charge in [-0.2, -0.15) is 0 Å². The van der Waals surface area contributed by atoms with Crippen LogP contribution in [0.1, 0.15) is 40.5 Å². The van der Waals surface area contributed by atoms with Gasteiger partial charge in [0.25, 0.3) is 5.91 Å². The van der Waals surface area contributed by atoms with E-state index in [0.29, 0.717) is 0 Å². The molecule has 8 heteroatoms. The predicted molar refractivity (Wildman–Crippen MR) is 72.9 cm³/mol. The molecule has 8 nitrogen and oxygen atoms in total. The van der Waals surface area contributed by atoms with Crippen LogP contribution in [-0.2, 0) is 19.1 Å². The molecule has 21 heavy (non-hydrogen) atoms. The van der Waals surface area contributed by atoms with E-state index >= 15 is 0 Å². The number of carbonyl (C=O) groups is 4. The fourth-order valence-electron chi connectivity index (χ4n) is 2.20. The van der Waals surface area contributed by atoms with E-state index in [1.807, 2.05) is 5.32 Å². The molecule has 1 heterocycles. The van der Waals surface area contributed by atoms with Gasteiger partial charge >= 0.3 is 12.0 Å². The lowest BCUT2D eigenvalue weighted by molar-refractivity contribution is -0.162. The summed E-state index contributed by atoms with van der Waals surface area (Å²) in [5.74, 6) is -1.96. The molecule has 4 amide bonds. The van der Waals surface area contributed by atoms with Crippen molar-refractivity contribution in [3.8, 4) is 0 Å².